The molecule has 0 radical (unpaired) electrons. The van der Waals surface area contributed by atoms with Crippen molar-refractivity contribution in [2.75, 3.05) is 46.3 Å². The molecule has 0 atom stereocenters. The van der Waals surface area contributed by atoms with Gasteiger partial charge in [-0.1, -0.05) is 6.07 Å². The molecule has 7 nitrogen and oxygen atoms in total. The molecule has 8 heteroatoms. The van der Waals surface area contributed by atoms with E-state index in [9.17, 15) is 4.79 Å². The molecule has 1 saturated heterocycles. The second kappa shape index (κ2) is 12.8. The van der Waals surface area contributed by atoms with Crippen LogP contribution in [0.15, 0.2) is 23.2 Å². The summed E-state index contributed by atoms with van der Waals surface area (Å²) in [5, 5.41) is 6.19. The van der Waals surface area contributed by atoms with Crippen molar-refractivity contribution in [3.8, 4) is 5.75 Å². The maximum absolute atomic E-state index is 11.4. The number of anilines is 1. The Morgan fingerprint density at radius 2 is 2.07 bits per heavy atom. The van der Waals surface area contributed by atoms with Crippen LogP contribution in [0.3, 0.4) is 0 Å². The summed E-state index contributed by atoms with van der Waals surface area (Å²) in [6, 6.07) is 5.76. The molecule has 2 N–H and O–H groups in total. The van der Waals surface area contributed by atoms with Gasteiger partial charge in [-0.15, -0.1) is 24.0 Å². The number of ether oxygens (including phenoxy) is 2. The topological polar surface area (TPSA) is 75.2 Å². The molecule has 1 aromatic rings. The van der Waals surface area contributed by atoms with E-state index in [2.05, 4.69) is 27.6 Å². The molecule has 2 rings (SSSR count). The number of nitrogens with zero attached hydrogens (tertiary/aromatic N) is 2. The van der Waals surface area contributed by atoms with Crippen molar-refractivity contribution in [3.05, 3.63) is 23.8 Å². The summed E-state index contributed by atoms with van der Waals surface area (Å²) in [5.74, 6) is 2.12. The minimum absolute atomic E-state index is 0. The van der Waals surface area contributed by atoms with Crippen LogP contribution in [0.4, 0.5) is 5.69 Å². The molecular formula is C20H33IN4O3. The van der Waals surface area contributed by atoms with Crippen LogP contribution in [-0.2, 0) is 16.1 Å². The summed E-state index contributed by atoms with van der Waals surface area (Å²) in [6.45, 7) is 4.83. The maximum atomic E-state index is 11.4. The second-order valence-corrected chi connectivity index (χ2v) is 6.88. The van der Waals surface area contributed by atoms with Crippen molar-refractivity contribution in [2.45, 2.75) is 32.7 Å². The van der Waals surface area contributed by atoms with Crippen LogP contribution in [0.1, 0.15) is 31.7 Å². The summed E-state index contributed by atoms with van der Waals surface area (Å²) in [7, 11) is 5.45. The molecule has 0 aliphatic carbocycles. The summed E-state index contributed by atoms with van der Waals surface area (Å²) in [6.07, 6.45) is 3.45. The number of benzene rings is 1. The average Bonchev–Trinajstić information content (AvgIpc) is 2.67. The number of halogens is 1. The minimum Gasteiger partial charge on any atom is -0.495 e. The van der Waals surface area contributed by atoms with Crippen LogP contribution in [-0.4, -0.2) is 57.7 Å². The zero-order valence-corrected chi connectivity index (χ0v) is 19.6. The highest BCUT2D eigenvalue weighted by molar-refractivity contribution is 14.0. The highest BCUT2D eigenvalue weighted by Gasteiger charge is 2.15. The van der Waals surface area contributed by atoms with Crippen LogP contribution in [0, 0.1) is 5.92 Å². The largest absolute Gasteiger partial charge is 0.495 e. The third-order valence-corrected chi connectivity index (χ3v) is 4.81. The van der Waals surface area contributed by atoms with E-state index in [0.29, 0.717) is 18.0 Å². The first kappa shape index (κ1) is 24.5. The van der Waals surface area contributed by atoms with Crippen molar-refractivity contribution in [1.29, 1.82) is 0 Å². The van der Waals surface area contributed by atoms with Gasteiger partial charge in [0.15, 0.2) is 5.96 Å². The lowest BCUT2D eigenvalue weighted by molar-refractivity contribution is -0.114. The van der Waals surface area contributed by atoms with Crippen LogP contribution < -0.4 is 15.4 Å². The fourth-order valence-corrected chi connectivity index (χ4v) is 3.24. The lowest BCUT2D eigenvalue weighted by Crippen LogP contribution is -2.39. The van der Waals surface area contributed by atoms with Gasteiger partial charge in [-0.3, -0.25) is 9.79 Å². The number of nitrogens with one attached hydrogen (secondary N) is 2. The highest BCUT2D eigenvalue weighted by Crippen LogP contribution is 2.25. The van der Waals surface area contributed by atoms with E-state index in [1.165, 1.54) is 6.92 Å². The Labute approximate surface area is 185 Å². The Morgan fingerprint density at radius 1 is 1.36 bits per heavy atom. The fourth-order valence-electron chi connectivity index (χ4n) is 3.24. The molecule has 0 saturated carbocycles. The van der Waals surface area contributed by atoms with Gasteiger partial charge in [-0.25, -0.2) is 0 Å². The van der Waals surface area contributed by atoms with Crippen molar-refractivity contribution in [2.24, 2.45) is 10.9 Å². The van der Waals surface area contributed by atoms with E-state index in [0.717, 1.165) is 56.5 Å². The molecule has 1 amide bonds. The van der Waals surface area contributed by atoms with Crippen LogP contribution in [0.25, 0.3) is 0 Å². The Morgan fingerprint density at radius 3 is 2.68 bits per heavy atom. The number of carbonyl (C=O) groups excluding carboxylic acids is 1. The van der Waals surface area contributed by atoms with Gasteiger partial charge >= 0.3 is 0 Å². The Kier molecular flexibility index (Phi) is 11.2. The van der Waals surface area contributed by atoms with Crippen molar-refractivity contribution in [1.82, 2.24) is 10.2 Å². The normalized spacial score (nSPS) is 14.8. The predicted octanol–water partition coefficient (Wildman–Crippen LogP) is 3.10. The van der Waals surface area contributed by atoms with E-state index >= 15 is 0 Å². The van der Waals surface area contributed by atoms with Gasteiger partial charge < -0.3 is 25.0 Å². The lowest BCUT2D eigenvalue weighted by Gasteiger charge is -2.27. The summed E-state index contributed by atoms with van der Waals surface area (Å²) in [5.41, 5.74) is 1.71. The van der Waals surface area contributed by atoms with Crippen LogP contribution >= 0.6 is 24.0 Å². The van der Waals surface area contributed by atoms with E-state index in [1.54, 1.807) is 14.2 Å². The molecule has 0 unspecified atom stereocenters. The zero-order chi connectivity index (χ0) is 19.6. The highest BCUT2D eigenvalue weighted by atomic mass is 127. The fraction of sp³-hybridized carbons (Fsp3) is 0.600. The van der Waals surface area contributed by atoms with Gasteiger partial charge in [0.1, 0.15) is 5.75 Å². The monoisotopic (exact) mass is 504 g/mol. The van der Waals surface area contributed by atoms with Crippen molar-refractivity contribution < 1.29 is 14.3 Å². The Hall–Kier alpha value is -1.55. The molecule has 1 heterocycles. The first-order chi connectivity index (χ1) is 13.0. The van der Waals surface area contributed by atoms with Gasteiger partial charge in [-0.2, -0.15) is 0 Å². The third-order valence-electron chi connectivity index (χ3n) is 4.81. The number of guanidine groups is 1. The van der Waals surface area contributed by atoms with E-state index < -0.39 is 0 Å². The number of aliphatic imine (C=N–C) groups is 1. The molecule has 1 fully saturated rings. The molecule has 158 valence electrons. The van der Waals surface area contributed by atoms with E-state index in [1.807, 2.05) is 18.2 Å². The summed E-state index contributed by atoms with van der Waals surface area (Å²) in [4.78, 5) is 17.9. The zero-order valence-electron chi connectivity index (χ0n) is 17.3. The van der Waals surface area contributed by atoms with Crippen LogP contribution in [0.2, 0.25) is 0 Å². The Balaban J connectivity index is 0.00000392. The number of carbonyl (C=O) groups is 1. The first-order valence-electron chi connectivity index (χ1n) is 9.47. The molecule has 0 spiro atoms. The van der Waals surface area contributed by atoms with Crippen molar-refractivity contribution >= 4 is 41.5 Å². The summed E-state index contributed by atoms with van der Waals surface area (Å²) < 4.78 is 10.7. The molecule has 1 aliphatic heterocycles. The standard InChI is InChI=1S/C20H32N4O3.HI/c1-15(25)23-18-13-17(5-6-19(18)26-4)14-22-20(21-2)24(3)10-7-16-8-11-27-12-9-16;/h5-6,13,16H,7-12,14H2,1-4H3,(H,21,22)(H,23,25);1H. The molecular weight excluding hydrogens is 471 g/mol. The van der Waals surface area contributed by atoms with E-state index in [4.69, 9.17) is 9.47 Å². The van der Waals surface area contributed by atoms with E-state index in [-0.39, 0.29) is 29.9 Å². The molecule has 28 heavy (non-hydrogen) atoms. The number of hydrogen-bond acceptors (Lipinski definition) is 4. The predicted molar refractivity (Wildman–Crippen MR) is 124 cm³/mol. The molecule has 1 aromatic carbocycles. The SMILES string of the molecule is CN=C(NCc1ccc(OC)c(NC(C)=O)c1)N(C)CCC1CCOCC1.I. The number of amides is 1. The smallest absolute Gasteiger partial charge is 0.221 e. The molecule has 0 aromatic heterocycles. The van der Waals surface area contributed by atoms with Gasteiger partial charge in [0.05, 0.1) is 12.8 Å². The number of methoxy groups -OCH3 is 1. The second-order valence-electron chi connectivity index (χ2n) is 6.88. The molecule has 1 aliphatic rings. The van der Waals surface area contributed by atoms with Crippen molar-refractivity contribution in [3.63, 3.8) is 0 Å². The third kappa shape index (κ3) is 7.83. The number of hydrogen-bond donors (Lipinski definition) is 2. The number of rotatable bonds is 7. The average molecular weight is 504 g/mol. The first-order valence-corrected chi connectivity index (χ1v) is 9.47. The van der Waals surface area contributed by atoms with Gasteiger partial charge in [-0.05, 0) is 42.9 Å². The van der Waals surface area contributed by atoms with Gasteiger partial charge in [0.25, 0.3) is 0 Å². The minimum atomic E-state index is -0.123. The molecule has 0 bridgehead atoms. The lowest BCUT2D eigenvalue weighted by atomic mass is 9.96. The van der Waals surface area contributed by atoms with Gasteiger partial charge in [0.2, 0.25) is 5.91 Å². The quantitative estimate of drug-likeness (QED) is 0.339. The van der Waals surface area contributed by atoms with Gasteiger partial charge in [0, 0.05) is 47.3 Å². The maximum Gasteiger partial charge on any atom is 0.221 e. The summed E-state index contributed by atoms with van der Waals surface area (Å²) >= 11 is 0. The Bertz CT molecular complexity index is 648. The van der Waals surface area contributed by atoms with Crippen LogP contribution in [0.5, 0.6) is 5.75 Å².